The van der Waals surface area contributed by atoms with E-state index in [9.17, 15) is 21.6 Å². The van der Waals surface area contributed by atoms with Crippen LogP contribution in [0.3, 0.4) is 0 Å². The van der Waals surface area contributed by atoms with Gasteiger partial charge in [0.25, 0.3) is 0 Å². The van der Waals surface area contributed by atoms with Crippen LogP contribution in [0.5, 0.6) is 11.5 Å². The second-order valence-corrected chi connectivity index (χ2v) is 7.75. The molecule has 0 spiro atoms. The van der Waals surface area contributed by atoms with Crippen molar-refractivity contribution in [3.8, 4) is 11.5 Å². The Labute approximate surface area is 145 Å². The molecular formula is C16H22F3NO4S. The van der Waals surface area contributed by atoms with E-state index in [4.69, 9.17) is 4.74 Å². The molecule has 25 heavy (non-hydrogen) atoms. The number of hydrogen-bond acceptors (Lipinski definition) is 5. The lowest BCUT2D eigenvalue weighted by atomic mass is 9.99. The van der Waals surface area contributed by atoms with E-state index in [2.05, 4.69) is 9.08 Å². The Balaban J connectivity index is 2.32. The average molecular weight is 381 g/mol. The Bertz CT molecular complexity index is 704. The molecule has 142 valence electrons. The summed E-state index contributed by atoms with van der Waals surface area (Å²) in [6, 6.07) is 4.38. The third-order valence-corrected chi connectivity index (χ3v) is 5.02. The van der Waals surface area contributed by atoms with Crippen LogP contribution in [0, 0.1) is 0 Å². The lowest BCUT2D eigenvalue weighted by Crippen LogP contribution is -2.47. The van der Waals surface area contributed by atoms with Gasteiger partial charge in [-0.25, -0.2) is 0 Å². The second-order valence-electron chi connectivity index (χ2n) is 6.22. The van der Waals surface area contributed by atoms with E-state index >= 15 is 0 Å². The van der Waals surface area contributed by atoms with Crippen LogP contribution < -0.4 is 8.92 Å². The van der Waals surface area contributed by atoms with E-state index < -0.39 is 15.6 Å². The molecule has 1 atom stereocenters. The summed E-state index contributed by atoms with van der Waals surface area (Å²) in [6.07, 6.45) is 1.28. The molecule has 1 aliphatic heterocycles. The van der Waals surface area contributed by atoms with Gasteiger partial charge in [-0.15, -0.1) is 0 Å². The number of rotatable bonds is 6. The van der Waals surface area contributed by atoms with Gasteiger partial charge in [-0.3, -0.25) is 4.90 Å². The number of benzene rings is 1. The molecule has 1 aromatic rings. The van der Waals surface area contributed by atoms with Crippen molar-refractivity contribution in [2.75, 3.05) is 13.2 Å². The largest absolute Gasteiger partial charge is 0.534 e. The van der Waals surface area contributed by atoms with Gasteiger partial charge >= 0.3 is 15.6 Å². The third kappa shape index (κ3) is 4.38. The molecule has 5 nitrogen and oxygen atoms in total. The minimum atomic E-state index is -5.72. The van der Waals surface area contributed by atoms with Gasteiger partial charge in [0, 0.05) is 17.6 Å². The van der Waals surface area contributed by atoms with E-state index in [0.717, 1.165) is 13.0 Å². The minimum Gasteiger partial charge on any atom is -0.492 e. The quantitative estimate of drug-likeness (QED) is 0.559. The first kappa shape index (κ1) is 19.8. The molecule has 1 aliphatic rings. The Morgan fingerprint density at radius 3 is 2.60 bits per heavy atom. The Hall–Kier alpha value is -1.48. The highest BCUT2D eigenvalue weighted by Gasteiger charge is 2.49. The molecule has 0 unspecified atom stereocenters. The Kier molecular flexibility index (Phi) is 5.88. The summed E-state index contributed by atoms with van der Waals surface area (Å²) >= 11 is 0. The summed E-state index contributed by atoms with van der Waals surface area (Å²) in [4.78, 5) is 2.19. The summed E-state index contributed by atoms with van der Waals surface area (Å²) < 4.78 is 70.5. The first-order chi connectivity index (χ1) is 11.6. The molecule has 1 aromatic carbocycles. The fourth-order valence-corrected chi connectivity index (χ4v) is 3.43. The van der Waals surface area contributed by atoms with Crippen molar-refractivity contribution in [2.24, 2.45) is 0 Å². The maximum atomic E-state index is 12.6. The monoisotopic (exact) mass is 381 g/mol. The predicted molar refractivity (Wildman–Crippen MR) is 87.2 cm³/mol. The zero-order valence-electron chi connectivity index (χ0n) is 14.3. The summed E-state index contributed by atoms with van der Waals surface area (Å²) in [6.45, 7) is 7.30. The van der Waals surface area contributed by atoms with E-state index in [0.29, 0.717) is 24.3 Å². The third-order valence-electron chi connectivity index (χ3n) is 4.06. The molecule has 0 fully saturated rings. The molecule has 0 saturated carbocycles. The zero-order chi connectivity index (χ0) is 18.8. The SMILES string of the molecule is CCCN(C(C)C)[C@@H]1COc2cccc(OS(=O)(=O)C(F)(F)F)c2C1. The van der Waals surface area contributed by atoms with Crippen LogP contribution in [0.15, 0.2) is 18.2 Å². The molecule has 0 aromatic heterocycles. The van der Waals surface area contributed by atoms with E-state index in [-0.39, 0.29) is 17.8 Å². The Morgan fingerprint density at radius 2 is 2.04 bits per heavy atom. The normalized spacial score (nSPS) is 18.2. The van der Waals surface area contributed by atoms with Crippen LogP contribution in [0.25, 0.3) is 0 Å². The number of hydrogen-bond donors (Lipinski definition) is 0. The van der Waals surface area contributed by atoms with Crippen molar-refractivity contribution in [1.29, 1.82) is 0 Å². The second kappa shape index (κ2) is 7.41. The molecule has 1 heterocycles. The van der Waals surface area contributed by atoms with E-state index in [1.807, 2.05) is 20.8 Å². The van der Waals surface area contributed by atoms with Crippen molar-refractivity contribution >= 4 is 10.1 Å². The summed E-state index contributed by atoms with van der Waals surface area (Å²) in [5, 5.41) is 0. The van der Waals surface area contributed by atoms with E-state index in [1.165, 1.54) is 12.1 Å². The van der Waals surface area contributed by atoms with Crippen LogP contribution >= 0.6 is 0 Å². The van der Waals surface area contributed by atoms with Crippen LogP contribution in [0.1, 0.15) is 32.8 Å². The average Bonchev–Trinajstić information content (AvgIpc) is 2.51. The predicted octanol–water partition coefficient (Wildman–Crippen LogP) is 3.34. The van der Waals surface area contributed by atoms with Gasteiger partial charge in [0.15, 0.2) is 0 Å². The lowest BCUT2D eigenvalue weighted by molar-refractivity contribution is -0.0500. The molecular weight excluding hydrogens is 359 g/mol. The van der Waals surface area contributed by atoms with Crippen molar-refractivity contribution in [2.45, 2.75) is 51.2 Å². The van der Waals surface area contributed by atoms with Gasteiger partial charge in [-0.05, 0) is 45.4 Å². The van der Waals surface area contributed by atoms with Crippen molar-refractivity contribution < 1.29 is 30.5 Å². The number of nitrogens with zero attached hydrogens (tertiary/aromatic N) is 1. The highest BCUT2D eigenvalue weighted by atomic mass is 32.2. The molecule has 0 amide bonds. The van der Waals surface area contributed by atoms with Crippen LogP contribution in [0.2, 0.25) is 0 Å². The molecule has 0 aliphatic carbocycles. The van der Waals surface area contributed by atoms with Crippen molar-refractivity contribution in [1.82, 2.24) is 4.90 Å². The van der Waals surface area contributed by atoms with Gasteiger partial charge < -0.3 is 8.92 Å². The first-order valence-corrected chi connectivity index (χ1v) is 9.48. The smallest absolute Gasteiger partial charge is 0.492 e. The van der Waals surface area contributed by atoms with Gasteiger partial charge in [-0.1, -0.05) is 13.0 Å². The van der Waals surface area contributed by atoms with Crippen LogP contribution in [0.4, 0.5) is 13.2 Å². The first-order valence-electron chi connectivity index (χ1n) is 8.08. The molecule has 2 rings (SSSR count). The minimum absolute atomic E-state index is 0.0641. The highest BCUT2D eigenvalue weighted by molar-refractivity contribution is 7.88. The molecule has 0 saturated heterocycles. The Morgan fingerprint density at radius 1 is 1.36 bits per heavy atom. The fraction of sp³-hybridized carbons (Fsp3) is 0.625. The lowest BCUT2D eigenvalue weighted by Gasteiger charge is -2.37. The van der Waals surface area contributed by atoms with Gasteiger partial charge in [-0.2, -0.15) is 21.6 Å². The van der Waals surface area contributed by atoms with Crippen molar-refractivity contribution in [3.05, 3.63) is 23.8 Å². The summed E-state index contributed by atoms with van der Waals surface area (Å²) in [5.74, 6) is 0.0195. The number of alkyl halides is 3. The summed E-state index contributed by atoms with van der Waals surface area (Å²) in [5.41, 5.74) is -5.13. The van der Waals surface area contributed by atoms with Crippen LogP contribution in [-0.4, -0.2) is 44.1 Å². The summed E-state index contributed by atoms with van der Waals surface area (Å²) in [7, 11) is -5.72. The van der Waals surface area contributed by atoms with Gasteiger partial charge in [0.2, 0.25) is 0 Å². The molecule has 9 heteroatoms. The maximum Gasteiger partial charge on any atom is 0.534 e. The molecule has 0 radical (unpaired) electrons. The maximum absolute atomic E-state index is 12.6. The van der Waals surface area contributed by atoms with Gasteiger partial charge in [0.1, 0.15) is 18.1 Å². The zero-order valence-corrected chi connectivity index (χ0v) is 15.2. The number of ether oxygens (including phenoxy) is 1. The standard InChI is InChI=1S/C16H22F3NO4S/c1-4-8-20(11(2)3)12-9-13-14(23-10-12)6-5-7-15(13)24-25(21,22)16(17,18)19/h5-7,11-12H,4,8-10H2,1-3H3/t12-/m0/s1. The van der Waals surface area contributed by atoms with Crippen LogP contribution in [-0.2, 0) is 16.5 Å². The van der Waals surface area contributed by atoms with Gasteiger partial charge in [0.05, 0.1) is 0 Å². The molecule has 0 bridgehead atoms. The molecule has 0 N–H and O–H groups in total. The number of halogens is 3. The number of fused-ring (bicyclic) bond motifs is 1. The fourth-order valence-electron chi connectivity index (χ4n) is 2.94. The topological polar surface area (TPSA) is 55.8 Å². The van der Waals surface area contributed by atoms with E-state index in [1.54, 1.807) is 6.07 Å². The van der Waals surface area contributed by atoms with Crippen molar-refractivity contribution in [3.63, 3.8) is 0 Å². The highest BCUT2D eigenvalue weighted by Crippen LogP contribution is 2.37.